The van der Waals surface area contributed by atoms with Crippen LogP contribution in [0.2, 0.25) is 0 Å². The number of Topliss-reactive ketones (excluding diaryl/α,β-unsaturated/α-hetero) is 1. The molecule has 0 saturated heterocycles. The van der Waals surface area contributed by atoms with Gasteiger partial charge in [-0.05, 0) is 35.7 Å². The molecule has 4 rings (SSSR count). The molecule has 2 heterocycles. The number of hydrogen-bond donors (Lipinski definition) is 1. The molecule has 0 amide bonds. The number of ketones is 1. The molecule has 0 aliphatic carbocycles. The topological polar surface area (TPSA) is 63.6 Å². The van der Waals surface area contributed by atoms with Gasteiger partial charge in [-0.15, -0.1) is 0 Å². The maximum absolute atomic E-state index is 12.7. The molecule has 0 fully saturated rings. The molecule has 0 atom stereocenters. The van der Waals surface area contributed by atoms with E-state index in [2.05, 4.69) is 26.8 Å². The summed E-state index contributed by atoms with van der Waals surface area (Å²) in [5.74, 6) is 6.10. The van der Waals surface area contributed by atoms with E-state index in [1.807, 2.05) is 59.3 Å². The highest BCUT2D eigenvalue weighted by Gasteiger charge is 2.08. The fourth-order valence-electron chi connectivity index (χ4n) is 2.76. The fourth-order valence-corrected chi connectivity index (χ4v) is 2.76. The highest BCUT2D eigenvalue weighted by molar-refractivity contribution is 5.97. The molecule has 0 unspecified atom stereocenters. The molecule has 1 N–H and O–H groups in total. The Kier molecular flexibility index (Phi) is 4.62. The molecule has 0 spiro atoms. The van der Waals surface area contributed by atoms with E-state index in [1.165, 1.54) is 0 Å². The van der Waals surface area contributed by atoms with Crippen LogP contribution in [0, 0.1) is 11.8 Å². The van der Waals surface area contributed by atoms with E-state index in [9.17, 15) is 4.79 Å². The van der Waals surface area contributed by atoms with Crippen LogP contribution >= 0.6 is 0 Å². The van der Waals surface area contributed by atoms with Gasteiger partial charge in [0.1, 0.15) is 5.69 Å². The molecule has 0 saturated carbocycles. The highest BCUT2D eigenvalue weighted by Crippen LogP contribution is 2.14. The number of nitrogens with zero attached hydrogens (tertiary/aromatic N) is 3. The van der Waals surface area contributed by atoms with E-state index in [0.717, 1.165) is 22.5 Å². The average molecular weight is 352 g/mol. The molecule has 4 aromatic rings. The van der Waals surface area contributed by atoms with Crippen molar-refractivity contribution >= 4 is 5.78 Å². The summed E-state index contributed by atoms with van der Waals surface area (Å²) in [6, 6.07) is 15.3. The molecule has 5 heteroatoms. The third-order valence-electron chi connectivity index (χ3n) is 4.10. The lowest BCUT2D eigenvalue weighted by Crippen LogP contribution is -2.04. The zero-order valence-corrected chi connectivity index (χ0v) is 14.5. The maximum Gasteiger partial charge on any atom is 0.167 e. The van der Waals surface area contributed by atoms with Crippen LogP contribution < -0.4 is 0 Å². The molecule has 130 valence electrons. The minimum atomic E-state index is 0.0583. The lowest BCUT2D eigenvalue weighted by Gasteiger charge is -2.06. The molecule has 27 heavy (non-hydrogen) atoms. The lowest BCUT2D eigenvalue weighted by atomic mass is 10.0. The standard InChI is InChI=1S/C22H16N4O/c27-22(13-18-4-2-6-21(12-18)26-10-9-23-16-26)19-5-1-3-17(11-19)7-8-20-14-24-15-25-20/h1-6,9-12,14-16H,13H2,(H,24,25). The van der Waals surface area contributed by atoms with Crippen molar-refractivity contribution in [2.75, 3.05) is 0 Å². The first-order valence-electron chi connectivity index (χ1n) is 8.49. The van der Waals surface area contributed by atoms with Gasteiger partial charge in [-0.2, -0.15) is 0 Å². The number of rotatable bonds is 4. The molecule has 0 bridgehead atoms. The Hall–Kier alpha value is -3.91. The Morgan fingerprint density at radius 3 is 2.81 bits per heavy atom. The van der Waals surface area contributed by atoms with Crippen molar-refractivity contribution in [1.82, 2.24) is 19.5 Å². The number of carbonyl (C=O) groups is 1. The number of aromatic nitrogens is 4. The number of nitrogens with one attached hydrogen (secondary N) is 1. The minimum Gasteiger partial charge on any atom is -0.338 e. The van der Waals surface area contributed by atoms with Crippen LogP contribution in [-0.2, 0) is 6.42 Å². The summed E-state index contributed by atoms with van der Waals surface area (Å²) >= 11 is 0. The first-order valence-corrected chi connectivity index (χ1v) is 8.49. The maximum atomic E-state index is 12.7. The van der Waals surface area contributed by atoms with Crippen LogP contribution in [0.25, 0.3) is 5.69 Å². The van der Waals surface area contributed by atoms with Crippen LogP contribution in [0.5, 0.6) is 0 Å². The predicted molar refractivity (Wildman–Crippen MR) is 103 cm³/mol. The molecule has 5 nitrogen and oxygen atoms in total. The van der Waals surface area contributed by atoms with Gasteiger partial charge in [0.15, 0.2) is 5.78 Å². The largest absolute Gasteiger partial charge is 0.338 e. The van der Waals surface area contributed by atoms with Gasteiger partial charge in [-0.3, -0.25) is 4.79 Å². The van der Waals surface area contributed by atoms with Gasteiger partial charge in [0.05, 0.1) is 18.9 Å². The summed E-state index contributed by atoms with van der Waals surface area (Å²) in [5.41, 5.74) is 4.13. The second-order valence-electron chi connectivity index (χ2n) is 6.04. The van der Waals surface area contributed by atoms with Crippen molar-refractivity contribution in [3.05, 3.63) is 102 Å². The van der Waals surface area contributed by atoms with E-state index >= 15 is 0 Å². The van der Waals surface area contributed by atoms with Gasteiger partial charge < -0.3 is 9.55 Å². The van der Waals surface area contributed by atoms with Crippen molar-refractivity contribution in [1.29, 1.82) is 0 Å². The van der Waals surface area contributed by atoms with Gasteiger partial charge in [0, 0.05) is 35.6 Å². The van der Waals surface area contributed by atoms with Crippen molar-refractivity contribution in [2.45, 2.75) is 6.42 Å². The third-order valence-corrected chi connectivity index (χ3v) is 4.10. The van der Waals surface area contributed by atoms with Gasteiger partial charge in [-0.25, -0.2) is 9.97 Å². The average Bonchev–Trinajstić information content (AvgIpc) is 3.41. The Balaban J connectivity index is 1.52. The Morgan fingerprint density at radius 2 is 2.00 bits per heavy atom. The normalized spacial score (nSPS) is 10.2. The van der Waals surface area contributed by atoms with Crippen LogP contribution in [0.15, 0.2) is 79.8 Å². The summed E-state index contributed by atoms with van der Waals surface area (Å²) in [4.78, 5) is 23.6. The number of aromatic amines is 1. The van der Waals surface area contributed by atoms with Crippen molar-refractivity contribution in [3.63, 3.8) is 0 Å². The van der Waals surface area contributed by atoms with Crippen LogP contribution in [0.3, 0.4) is 0 Å². The molecular weight excluding hydrogens is 336 g/mol. The zero-order chi connectivity index (χ0) is 18.5. The summed E-state index contributed by atoms with van der Waals surface area (Å²) < 4.78 is 1.92. The fraction of sp³-hybridized carbons (Fsp3) is 0.0455. The Morgan fingerprint density at radius 1 is 1.07 bits per heavy atom. The summed E-state index contributed by atoms with van der Waals surface area (Å²) in [6.07, 6.45) is 8.93. The Bertz CT molecular complexity index is 1120. The number of hydrogen-bond acceptors (Lipinski definition) is 3. The molecule has 2 aromatic heterocycles. The van der Waals surface area contributed by atoms with Gasteiger partial charge in [0.2, 0.25) is 0 Å². The quantitative estimate of drug-likeness (QED) is 0.452. The van der Waals surface area contributed by atoms with E-state index < -0.39 is 0 Å². The number of carbonyl (C=O) groups excluding carboxylic acids is 1. The molecule has 0 aliphatic heterocycles. The third kappa shape index (κ3) is 4.02. The number of H-pyrrole nitrogens is 1. The molecular formula is C22H16N4O. The van der Waals surface area contributed by atoms with E-state index in [1.54, 1.807) is 25.0 Å². The van der Waals surface area contributed by atoms with Crippen LogP contribution in [-0.4, -0.2) is 25.3 Å². The van der Waals surface area contributed by atoms with E-state index in [4.69, 9.17) is 0 Å². The van der Waals surface area contributed by atoms with Crippen molar-refractivity contribution < 1.29 is 4.79 Å². The van der Waals surface area contributed by atoms with E-state index in [-0.39, 0.29) is 5.78 Å². The van der Waals surface area contributed by atoms with Gasteiger partial charge >= 0.3 is 0 Å². The Labute approximate surface area is 156 Å². The summed E-state index contributed by atoms with van der Waals surface area (Å²) in [6.45, 7) is 0. The van der Waals surface area contributed by atoms with Crippen molar-refractivity contribution in [2.24, 2.45) is 0 Å². The first kappa shape index (κ1) is 16.6. The monoisotopic (exact) mass is 352 g/mol. The minimum absolute atomic E-state index is 0.0583. The second kappa shape index (κ2) is 7.54. The molecule has 0 radical (unpaired) electrons. The second-order valence-corrected chi connectivity index (χ2v) is 6.04. The van der Waals surface area contributed by atoms with Gasteiger partial charge in [-0.1, -0.05) is 30.2 Å². The molecule has 0 aliphatic rings. The number of imidazole rings is 2. The lowest BCUT2D eigenvalue weighted by molar-refractivity contribution is 0.0993. The molecule has 2 aromatic carbocycles. The summed E-state index contributed by atoms with van der Waals surface area (Å²) in [5, 5.41) is 0. The van der Waals surface area contributed by atoms with Crippen LogP contribution in [0.1, 0.15) is 27.2 Å². The summed E-state index contributed by atoms with van der Waals surface area (Å²) in [7, 11) is 0. The van der Waals surface area contributed by atoms with Gasteiger partial charge in [0.25, 0.3) is 0 Å². The SMILES string of the molecule is O=C(Cc1cccc(-n2ccnc2)c1)c1cccc(C#Cc2cnc[nH]2)c1. The zero-order valence-electron chi connectivity index (χ0n) is 14.5. The smallest absolute Gasteiger partial charge is 0.167 e. The van der Waals surface area contributed by atoms with Crippen LogP contribution in [0.4, 0.5) is 0 Å². The number of benzene rings is 2. The van der Waals surface area contributed by atoms with E-state index in [0.29, 0.717) is 12.0 Å². The highest BCUT2D eigenvalue weighted by atomic mass is 16.1. The first-order chi connectivity index (χ1) is 13.3. The van der Waals surface area contributed by atoms with Crippen molar-refractivity contribution in [3.8, 4) is 17.5 Å². The predicted octanol–water partition coefficient (Wildman–Crippen LogP) is 3.42.